The van der Waals surface area contributed by atoms with Crippen LogP contribution in [-0.4, -0.2) is 71.0 Å². The lowest BCUT2D eigenvalue weighted by Gasteiger charge is -2.62. The van der Waals surface area contributed by atoms with Crippen molar-refractivity contribution in [2.24, 2.45) is 86.7 Å². The Morgan fingerprint density at radius 2 is 1.26 bits per heavy atom. The van der Waals surface area contributed by atoms with Crippen molar-refractivity contribution >= 4 is 0 Å². The summed E-state index contributed by atoms with van der Waals surface area (Å²) in [4.78, 5) is 0. The topological polar surface area (TPSA) is 115 Å². The molecule has 6 fully saturated rings. The SMILES string of the molecule is CC.CC.CC.CCCC1C2CCCC2[C@@H](OCCCN)CC1C(C)(C)CC[C@H](CC)OCCCN.CCCCOCCCC[C@H]1CCC2C3CCC4CCCC[C@]4(C)C3C[C@H](OCCCN)[C@@]21C. The maximum atomic E-state index is 6.81. The van der Waals surface area contributed by atoms with E-state index in [1.54, 1.807) is 0 Å². The van der Waals surface area contributed by atoms with E-state index in [1.165, 1.54) is 135 Å². The fraction of sp³-hybridized carbons (Fsp3) is 1.00. The third-order valence-corrected chi connectivity index (χ3v) is 19.5. The molecule has 7 nitrogen and oxygen atoms in total. The average molecular weight is 977 g/mol. The van der Waals surface area contributed by atoms with Crippen molar-refractivity contribution in [2.75, 3.05) is 52.7 Å². The number of hydrogen-bond donors (Lipinski definition) is 3. The summed E-state index contributed by atoms with van der Waals surface area (Å²) >= 11 is 0. The second-order valence-electron chi connectivity index (χ2n) is 23.4. The van der Waals surface area contributed by atoms with Gasteiger partial charge in [-0.05, 0) is 211 Å². The smallest absolute Gasteiger partial charge is 0.0637 e. The minimum Gasteiger partial charge on any atom is -0.381 e. The first-order valence-corrected chi connectivity index (χ1v) is 31.1. The molecule has 0 amide bonds. The number of unbranched alkanes of at least 4 members (excludes halogenated alkanes) is 2. The highest BCUT2D eigenvalue weighted by atomic mass is 16.5. The Labute approximate surface area is 431 Å². The van der Waals surface area contributed by atoms with Gasteiger partial charge >= 0.3 is 0 Å². The van der Waals surface area contributed by atoms with Crippen LogP contribution in [0.25, 0.3) is 0 Å². The van der Waals surface area contributed by atoms with E-state index in [9.17, 15) is 0 Å². The number of nitrogens with two attached hydrogens (primary N) is 3. The van der Waals surface area contributed by atoms with E-state index in [0.717, 1.165) is 138 Å². The molecule has 6 N–H and O–H groups in total. The van der Waals surface area contributed by atoms with Crippen LogP contribution >= 0.6 is 0 Å². The van der Waals surface area contributed by atoms with Crippen LogP contribution in [0.15, 0.2) is 0 Å². The molecule has 69 heavy (non-hydrogen) atoms. The van der Waals surface area contributed by atoms with Gasteiger partial charge in [0.25, 0.3) is 0 Å². The molecule has 0 spiro atoms. The Kier molecular flexibility index (Phi) is 33.7. The van der Waals surface area contributed by atoms with Crippen LogP contribution in [0, 0.1) is 69.5 Å². The molecule has 6 aliphatic carbocycles. The molecule has 0 aliphatic heterocycles. The van der Waals surface area contributed by atoms with Gasteiger partial charge in [-0.2, -0.15) is 0 Å². The molecule has 6 saturated carbocycles. The van der Waals surface area contributed by atoms with Crippen LogP contribution in [0.5, 0.6) is 0 Å². The van der Waals surface area contributed by atoms with Crippen LogP contribution < -0.4 is 17.2 Å². The summed E-state index contributed by atoms with van der Waals surface area (Å²) in [6, 6.07) is 0. The fourth-order valence-electron chi connectivity index (χ4n) is 15.8. The molecule has 0 aromatic rings. The third kappa shape index (κ3) is 18.2. The van der Waals surface area contributed by atoms with E-state index in [-0.39, 0.29) is 0 Å². The summed E-state index contributed by atoms with van der Waals surface area (Å²) in [6.07, 6.45) is 35.3. The molecule has 14 atom stereocenters. The van der Waals surface area contributed by atoms with Crippen LogP contribution in [0.1, 0.15) is 257 Å². The van der Waals surface area contributed by atoms with Crippen molar-refractivity contribution in [2.45, 2.75) is 275 Å². The highest BCUT2D eigenvalue weighted by Gasteiger charge is 2.63. The first kappa shape index (κ1) is 64.8. The quantitative estimate of drug-likeness (QED) is 0.0702. The Bertz CT molecular complexity index is 1240. The van der Waals surface area contributed by atoms with Gasteiger partial charge in [-0.3, -0.25) is 0 Å². The van der Waals surface area contributed by atoms with E-state index in [4.69, 9.17) is 36.1 Å². The summed E-state index contributed by atoms with van der Waals surface area (Å²) in [5, 5.41) is 0. The fourth-order valence-corrected chi connectivity index (χ4v) is 15.8. The van der Waals surface area contributed by atoms with Gasteiger partial charge in [-0.1, -0.05) is 135 Å². The predicted molar refractivity (Wildman–Crippen MR) is 300 cm³/mol. The van der Waals surface area contributed by atoms with Crippen molar-refractivity contribution in [3.05, 3.63) is 0 Å². The number of fused-ring (bicyclic) bond motifs is 6. The zero-order valence-corrected chi connectivity index (χ0v) is 48.8. The van der Waals surface area contributed by atoms with Crippen molar-refractivity contribution in [3.8, 4) is 0 Å². The van der Waals surface area contributed by atoms with Gasteiger partial charge in [0.1, 0.15) is 0 Å². The summed E-state index contributed by atoms with van der Waals surface area (Å²) in [5.41, 5.74) is 18.5. The van der Waals surface area contributed by atoms with Gasteiger partial charge < -0.3 is 36.1 Å². The summed E-state index contributed by atoms with van der Waals surface area (Å²) in [6.45, 7) is 35.9. The van der Waals surface area contributed by atoms with Gasteiger partial charge in [0.05, 0.1) is 18.3 Å². The second kappa shape index (κ2) is 35.8. The van der Waals surface area contributed by atoms with Crippen molar-refractivity contribution < 1.29 is 18.9 Å². The van der Waals surface area contributed by atoms with E-state index < -0.39 is 0 Å². The van der Waals surface area contributed by atoms with Gasteiger partial charge in [0.15, 0.2) is 0 Å². The Balaban J connectivity index is 0.000000429. The highest BCUT2D eigenvalue weighted by Crippen LogP contribution is 2.68. The molecule has 6 rings (SSSR count). The first-order valence-electron chi connectivity index (χ1n) is 31.1. The van der Waals surface area contributed by atoms with Crippen molar-refractivity contribution in [3.63, 3.8) is 0 Å². The molecular formula is C62H125N3O4. The molecule has 0 saturated heterocycles. The van der Waals surface area contributed by atoms with E-state index >= 15 is 0 Å². The van der Waals surface area contributed by atoms with E-state index in [0.29, 0.717) is 34.6 Å². The minimum atomic E-state index is 0.327. The molecule has 0 bridgehead atoms. The lowest BCUT2D eigenvalue weighted by Crippen LogP contribution is -2.58. The minimum absolute atomic E-state index is 0.327. The standard InChI is InChI=1S/C30H55NO2.C26H52N2O2.3C2H6/c1-4-5-19-32-20-9-7-12-24-14-16-26-25-15-13-23-11-6-8-17-29(23,2)27(25)22-28(30(24,26)3)33-21-10-18-31;1-5-10-22-21-11-7-12-23(21)25(30-18-9-16-28)19-24(22)26(3,4)14-13-20(6-2)29-17-8-15-27;3*1-2/h23-28H,4-22,31H2,1-3H3;20-25H,5-19,27-28H2,1-4H3;3*1-2H3/t23?,24-,25?,26?,27?,28-,29-,30+;20-,21?,22?,23?,24?,25-;;;/m00.../s1. The second-order valence-corrected chi connectivity index (χ2v) is 23.4. The van der Waals surface area contributed by atoms with Crippen LogP contribution in [0.2, 0.25) is 0 Å². The van der Waals surface area contributed by atoms with Crippen LogP contribution in [0.3, 0.4) is 0 Å². The number of ether oxygens (including phenoxy) is 4. The highest BCUT2D eigenvalue weighted by molar-refractivity contribution is 5.12. The lowest BCUT2D eigenvalue weighted by molar-refractivity contribution is -0.181. The van der Waals surface area contributed by atoms with Gasteiger partial charge in [0, 0.05) is 33.0 Å². The molecule has 0 aromatic carbocycles. The molecular weight excluding hydrogens is 851 g/mol. The summed E-state index contributed by atoms with van der Waals surface area (Å²) in [5.74, 6) is 7.80. The first-order chi connectivity index (χ1) is 33.5. The zero-order valence-electron chi connectivity index (χ0n) is 48.8. The largest absolute Gasteiger partial charge is 0.381 e. The monoisotopic (exact) mass is 976 g/mol. The predicted octanol–water partition coefficient (Wildman–Crippen LogP) is 16.0. The van der Waals surface area contributed by atoms with E-state index in [1.807, 2.05) is 41.5 Å². The lowest BCUT2D eigenvalue weighted by atomic mass is 9.44. The molecule has 7 heteroatoms. The van der Waals surface area contributed by atoms with E-state index in [2.05, 4.69) is 48.5 Å². The number of rotatable bonds is 27. The van der Waals surface area contributed by atoms with Gasteiger partial charge in [-0.15, -0.1) is 0 Å². The molecule has 6 aliphatic rings. The summed E-state index contributed by atoms with van der Waals surface area (Å²) in [7, 11) is 0. The van der Waals surface area contributed by atoms with Gasteiger partial charge in [0.2, 0.25) is 0 Å². The molecule has 0 aromatic heterocycles. The molecule has 0 radical (unpaired) electrons. The molecule has 8 unspecified atom stereocenters. The normalized spacial score (nSPS) is 33.8. The van der Waals surface area contributed by atoms with Crippen molar-refractivity contribution in [1.29, 1.82) is 0 Å². The maximum absolute atomic E-state index is 6.81. The molecule has 412 valence electrons. The Morgan fingerprint density at radius 1 is 0.594 bits per heavy atom. The molecule has 0 heterocycles. The third-order valence-electron chi connectivity index (χ3n) is 19.5. The number of hydrogen-bond acceptors (Lipinski definition) is 7. The Morgan fingerprint density at radius 3 is 1.93 bits per heavy atom. The average Bonchev–Trinajstić information content (AvgIpc) is 4.01. The maximum Gasteiger partial charge on any atom is 0.0637 e. The van der Waals surface area contributed by atoms with Gasteiger partial charge in [-0.25, -0.2) is 0 Å². The van der Waals surface area contributed by atoms with Crippen molar-refractivity contribution in [1.82, 2.24) is 0 Å². The zero-order chi connectivity index (χ0) is 51.3. The Hall–Kier alpha value is -0.280. The van der Waals surface area contributed by atoms with Crippen LogP contribution in [-0.2, 0) is 18.9 Å². The summed E-state index contributed by atoms with van der Waals surface area (Å²) < 4.78 is 25.3. The van der Waals surface area contributed by atoms with Crippen LogP contribution in [0.4, 0.5) is 0 Å².